The van der Waals surface area contributed by atoms with E-state index in [1.807, 2.05) is 18.2 Å². The molecule has 0 aliphatic rings. The molecule has 0 N–H and O–H groups in total. The maximum atomic E-state index is 12.3. The molecule has 7 heteroatoms. The van der Waals surface area contributed by atoms with Crippen LogP contribution >= 0.6 is 8.38 Å². The molecule has 3 rings (SSSR count). The van der Waals surface area contributed by atoms with Crippen molar-refractivity contribution >= 4 is 25.6 Å². The smallest absolute Gasteiger partial charge is 0.343 e. The van der Waals surface area contributed by atoms with Crippen LogP contribution in [0.4, 0.5) is 0 Å². The van der Waals surface area contributed by atoms with E-state index in [1.165, 1.54) is 0 Å². The summed E-state index contributed by atoms with van der Waals surface area (Å²) in [5.41, 5.74) is 0.809. The van der Waals surface area contributed by atoms with Gasteiger partial charge in [-0.3, -0.25) is 0 Å². The third-order valence-corrected chi connectivity index (χ3v) is 4.70. The van der Waals surface area contributed by atoms with Gasteiger partial charge in [0.2, 0.25) is 0 Å². The molecule has 3 aromatic rings. The summed E-state index contributed by atoms with van der Waals surface area (Å²) in [5, 5.41) is 0.645. The van der Waals surface area contributed by atoms with Crippen LogP contribution in [0.15, 0.2) is 91.0 Å². The minimum atomic E-state index is -1.88. The van der Waals surface area contributed by atoms with Gasteiger partial charge >= 0.3 is 20.3 Å². The zero-order valence-electron chi connectivity index (χ0n) is 14.7. The number of benzene rings is 3. The normalized spacial score (nSPS) is 9.52. The SMILES string of the molecule is O=C(OP(OC(=O)c1ccccc1)c1ccccc1)c1ccccc1.[Zn].[Zn]. The summed E-state index contributed by atoms with van der Waals surface area (Å²) >= 11 is 0. The summed E-state index contributed by atoms with van der Waals surface area (Å²) in [6, 6.07) is 26.2. The Balaban J connectivity index is 0.00000182. The Hall–Kier alpha value is -1.72. The number of carbonyl (C=O) groups excluding carboxylic acids is 2. The van der Waals surface area contributed by atoms with Gasteiger partial charge in [0.15, 0.2) is 0 Å². The molecular weight excluding hydrogens is 466 g/mol. The molecule has 0 saturated carbocycles. The molecule has 0 aliphatic heterocycles. The molecule has 4 nitrogen and oxygen atoms in total. The van der Waals surface area contributed by atoms with Gasteiger partial charge < -0.3 is 9.05 Å². The van der Waals surface area contributed by atoms with Gasteiger partial charge in [-0.05, 0) is 36.4 Å². The van der Waals surface area contributed by atoms with Gasteiger partial charge in [0.25, 0.3) is 0 Å². The molecule has 0 heterocycles. The number of rotatable bonds is 5. The second-order valence-electron chi connectivity index (χ2n) is 5.08. The van der Waals surface area contributed by atoms with Gasteiger partial charge in [0, 0.05) is 39.0 Å². The van der Waals surface area contributed by atoms with Gasteiger partial charge in [-0.2, -0.15) is 0 Å². The van der Waals surface area contributed by atoms with Crippen molar-refractivity contribution in [2.24, 2.45) is 0 Å². The average Bonchev–Trinajstić information content (AvgIpc) is 2.69. The first-order valence-corrected chi connectivity index (χ1v) is 8.81. The third kappa shape index (κ3) is 6.74. The second kappa shape index (κ2) is 11.9. The first-order valence-electron chi connectivity index (χ1n) is 7.64. The molecular formula is C20H15O4PZn2. The minimum absolute atomic E-state index is 0. The Kier molecular flexibility index (Phi) is 10.3. The Labute approximate surface area is 184 Å². The molecule has 0 atom stereocenters. The van der Waals surface area contributed by atoms with Crippen molar-refractivity contribution < 1.29 is 57.6 Å². The van der Waals surface area contributed by atoms with Crippen molar-refractivity contribution in [1.82, 2.24) is 0 Å². The summed E-state index contributed by atoms with van der Waals surface area (Å²) in [4.78, 5) is 24.7. The van der Waals surface area contributed by atoms with E-state index in [4.69, 9.17) is 9.05 Å². The Morgan fingerprint density at radius 1 is 0.556 bits per heavy atom. The molecule has 0 amide bonds. The van der Waals surface area contributed by atoms with Crippen LogP contribution in [0.5, 0.6) is 0 Å². The average molecular weight is 481 g/mol. The molecule has 0 aliphatic carbocycles. The van der Waals surface area contributed by atoms with Crippen molar-refractivity contribution in [2.45, 2.75) is 0 Å². The van der Waals surface area contributed by atoms with E-state index in [-0.39, 0.29) is 39.0 Å². The maximum absolute atomic E-state index is 12.3. The topological polar surface area (TPSA) is 52.6 Å². The van der Waals surface area contributed by atoms with Crippen LogP contribution in [0.25, 0.3) is 0 Å². The summed E-state index contributed by atoms with van der Waals surface area (Å²) in [6.45, 7) is 0. The van der Waals surface area contributed by atoms with Crippen LogP contribution in [-0.4, -0.2) is 11.9 Å². The monoisotopic (exact) mass is 478 g/mol. The molecule has 3 aromatic carbocycles. The zero-order chi connectivity index (χ0) is 17.5. The number of hydrogen-bond donors (Lipinski definition) is 0. The van der Waals surface area contributed by atoms with Gasteiger partial charge in [0.1, 0.15) is 0 Å². The predicted molar refractivity (Wildman–Crippen MR) is 96.7 cm³/mol. The Morgan fingerprint density at radius 2 is 0.889 bits per heavy atom. The van der Waals surface area contributed by atoms with E-state index < -0.39 is 20.3 Å². The van der Waals surface area contributed by atoms with Crippen molar-refractivity contribution in [3.8, 4) is 0 Å². The fraction of sp³-hybridized carbons (Fsp3) is 0. The van der Waals surface area contributed by atoms with Gasteiger partial charge in [-0.1, -0.05) is 54.6 Å². The summed E-state index contributed by atoms with van der Waals surface area (Å²) in [5.74, 6) is -1.06. The first-order chi connectivity index (χ1) is 12.2. The fourth-order valence-electron chi connectivity index (χ4n) is 2.08. The van der Waals surface area contributed by atoms with Crippen LogP contribution < -0.4 is 5.30 Å². The minimum Gasteiger partial charge on any atom is -0.399 e. The van der Waals surface area contributed by atoms with Gasteiger partial charge in [0.05, 0.1) is 16.4 Å². The summed E-state index contributed by atoms with van der Waals surface area (Å²) in [6.07, 6.45) is 0. The van der Waals surface area contributed by atoms with Crippen LogP contribution in [-0.2, 0) is 48.0 Å². The van der Waals surface area contributed by atoms with Gasteiger partial charge in [-0.15, -0.1) is 0 Å². The molecule has 0 aromatic heterocycles. The molecule has 0 bridgehead atoms. The molecule has 128 valence electrons. The van der Waals surface area contributed by atoms with E-state index in [1.54, 1.807) is 72.8 Å². The summed E-state index contributed by atoms with van der Waals surface area (Å²) in [7, 11) is -1.88. The molecule has 0 radical (unpaired) electrons. The third-order valence-electron chi connectivity index (χ3n) is 3.32. The quantitative estimate of drug-likeness (QED) is 0.403. The van der Waals surface area contributed by atoms with Crippen LogP contribution in [0.1, 0.15) is 20.7 Å². The predicted octanol–water partition coefficient (Wildman–Crippen LogP) is 4.33. The Morgan fingerprint density at radius 3 is 1.26 bits per heavy atom. The van der Waals surface area contributed by atoms with Crippen molar-refractivity contribution in [3.63, 3.8) is 0 Å². The van der Waals surface area contributed by atoms with E-state index in [2.05, 4.69) is 0 Å². The molecule has 0 fully saturated rings. The molecule has 0 unspecified atom stereocenters. The standard InChI is InChI=1S/C20H15O4P.2Zn/c21-19(16-10-4-1-5-11-16)23-25(18-14-8-3-9-15-18)24-20(22)17-12-6-2-7-13-17;;/h1-15H;;. The molecule has 0 spiro atoms. The second-order valence-corrected chi connectivity index (χ2v) is 6.48. The Bertz CT molecular complexity index is 792. The van der Waals surface area contributed by atoms with Crippen LogP contribution in [0.3, 0.4) is 0 Å². The van der Waals surface area contributed by atoms with E-state index in [0.717, 1.165) is 0 Å². The number of carbonyl (C=O) groups is 2. The first kappa shape index (κ1) is 23.3. The van der Waals surface area contributed by atoms with Crippen molar-refractivity contribution in [3.05, 3.63) is 102 Å². The van der Waals surface area contributed by atoms with Crippen LogP contribution in [0, 0.1) is 0 Å². The van der Waals surface area contributed by atoms with Gasteiger partial charge in [-0.25, -0.2) is 9.59 Å². The fourth-order valence-corrected chi connectivity index (χ4v) is 3.25. The summed E-state index contributed by atoms with van der Waals surface area (Å²) < 4.78 is 11.0. The van der Waals surface area contributed by atoms with E-state index in [0.29, 0.717) is 16.4 Å². The van der Waals surface area contributed by atoms with E-state index >= 15 is 0 Å². The molecule has 0 saturated heterocycles. The van der Waals surface area contributed by atoms with Crippen molar-refractivity contribution in [1.29, 1.82) is 0 Å². The number of hydrogen-bond acceptors (Lipinski definition) is 4. The maximum Gasteiger partial charge on any atom is 0.343 e. The van der Waals surface area contributed by atoms with Crippen molar-refractivity contribution in [2.75, 3.05) is 0 Å². The zero-order valence-corrected chi connectivity index (χ0v) is 21.5. The largest absolute Gasteiger partial charge is 0.399 e. The molecule has 27 heavy (non-hydrogen) atoms. The van der Waals surface area contributed by atoms with E-state index in [9.17, 15) is 9.59 Å². The van der Waals surface area contributed by atoms with Crippen LogP contribution in [0.2, 0.25) is 0 Å².